The fourth-order valence-electron chi connectivity index (χ4n) is 4.80. The van der Waals surface area contributed by atoms with Crippen LogP contribution in [0, 0.1) is 0 Å². The standard InChI is InChI=1S/C30H58O2S2/c31-29(32)27-25-23-21-19-17-15-13-11-9-7-5-3-1-2-4-6-8-10-12-14-16-18-20-22-24-26-28-30(33)34/h1-28H2,(H,31,32)(H,33,34). The molecule has 0 aliphatic heterocycles. The van der Waals surface area contributed by atoms with Crippen molar-refractivity contribution in [1.82, 2.24) is 0 Å². The van der Waals surface area contributed by atoms with E-state index in [9.17, 15) is 4.79 Å². The Morgan fingerprint density at radius 2 is 0.588 bits per heavy atom. The number of thiol groups is 1. The number of thiocarbonyl (C=S) groups is 1. The summed E-state index contributed by atoms with van der Waals surface area (Å²) < 4.78 is 0.870. The van der Waals surface area contributed by atoms with Gasteiger partial charge in [-0.1, -0.05) is 166 Å². The number of carboxylic acids is 1. The third-order valence-electron chi connectivity index (χ3n) is 7.03. The van der Waals surface area contributed by atoms with Crippen LogP contribution in [-0.4, -0.2) is 15.3 Å². The van der Waals surface area contributed by atoms with E-state index in [-0.39, 0.29) is 0 Å². The molecule has 0 rings (SSSR count). The molecular weight excluding hydrogens is 456 g/mol. The molecule has 1 N–H and O–H groups in total. The Morgan fingerprint density at radius 1 is 0.412 bits per heavy atom. The zero-order chi connectivity index (χ0) is 25.0. The van der Waals surface area contributed by atoms with Crippen molar-refractivity contribution in [2.24, 2.45) is 0 Å². The first-order valence-corrected chi connectivity index (χ1v) is 15.9. The summed E-state index contributed by atoms with van der Waals surface area (Å²) in [6, 6.07) is 0. The van der Waals surface area contributed by atoms with Gasteiger partial charge in [0.15, 0.2) is 0 Å². The molecule has 34 heavy (non-hydrogen) atoms. The van der Waals surface area contributed by atoms with Gasteiger partial charge in [-0.2, -0.15) is 0 Å². The largest absolute Gasteiger partial charge is 0.481 e. The second-order valence-corrected chi connectivity index (χ2v) is 11.8. The van der Waals surface area contributed by atoms with Gasteiger partial charge in [0, 0.05) is 10.6 Å². The number of rotatable bonds is 29. The highest BCUT2D eigenvalue weighted by Gasteiger charge is 1.98. The van der Waals surface area contributed by atoms with Crippen LogP contribution >= 0.6 is 24.8 Å². The summed E-state index contributed by atoms with van der Waals surface area (Å²) in [6.45, 7) is 0. The van der Waals surface area contributed by atoms with Crippen molar-refractivity contribution in [2.75, 3.05) is 0 Å². The second-order valence-electron chi connectivity index (χ2n) is 10.5. The molecule has 0 radical (unpaired) electrons. The lowest BCUT2D eigenvalue weighted by Crippen LogP contribution is -1.93. The van der Waals surface area contributed by atoms with E-state index in [0.717, 1.165) is 23.5 Å². The number of hydrogen-bond donors (Lipinski definition) is 2. The van der Waals surface area contributed by atoms with E-state index in [1.807, 2.05) is 0 Å². The third-order valence-corrected chi connectivity index (χ3v) is 7.46. The molecule has 0 unspecified atom stereocenters. The molecule has 0 aliphatic carbocycles. The van der Waals surface area contributed by atoms with Crippen LogP contribution in [0.3, 0.4) is 0 Å². The van der Waals surface area contributed by atoms with Crippen LogP contribution in [0.25, 0.3) is 0 Å². The van der Waals surface area contributed by atoms with Crippen molar-refractivity contribution in [2.45, 2.75) is 180 Å². The number of hydrogen-bond acceptors (Lipinski definition) is 2. The Kier molecular flexibility index (Phi) is 29.1. The molecule has 0 fully saturated rings. The number of unbranched alkanes of at least 4 members (excludes halogenated alkanes) is 25. The maximum absolute atomic E-state index is 10.4. The van der Waals surface area contributed by atoms with Crippen molar-refractivity contribution in [1.29, 1.82) is 0 Å². The van der Waals surface area contributed by atoms with Gasteiger partial charge >= 0.3 is 5.97 Å². The van der Waals surface area contributed by atoms with E-state index in [4.69, 9.17) is 17.3 Å². The fourth-order valence-corrected chi connectivity index (χ4v) is 5.10. The molecule has 2 nitrogen and oxygen atoms in total. The minimum absolute atomic E-state index is 0.343. The predicted molar refractivity (Wildman–Crippen MR) is 158 cm³/mol. The summed E-state index contributed by atoms with van der Waals surface area (Å²) in [6.07, 6.45) is 36.8. The predicted octanol–water partition coefficient (Wildman–Crippen LogP) is 11.3. The van der Waals surface area contributed by atoms with Crippen molar-refractivity contribution in [3.05, 3.63) is 0 Å². The maximum Gasteiger partial charge on any atom is 0.303 e. The van der Waals surface area contributed by atoms with Crippen LogP contribution in [0.5, 0.6) is 0 Å². The van der Waals surface area contributed by atoms with Crippen LogP contribution in [0.2, 0.25) is 0 Å². The Morgan fingerprint density at radius 3 is 0.765 bits per heavy atom. The first kappa shape index (κ1) is 33.9. The van der Waals surface area contributed by atoms with E-state index in [2.05, 4.69) is 12.6 Å². The van der Waals surface area contributed by atoms with Gasteiger partial charge in [-0.15, -0.1) is 12.6 Å². The molecule has 0 aromatic carbocycles. The number of aliphatic carboxylic acids is 1. The Balaban J connectivity index is 3.03. The quantitative estimate of drug-likeness (QED) is 0.0592. The molecule has 0 atom stereocenters. The molecule has 0 saturated heterocycles. The van der Waals surface area contributed by atoms with E-state index in [0.29, 0.717) is 6.42 Å². The number of carbonyl (C=O) groups is 1. The van der Waals surface area contributed by atoms with Crippen molar-refractivity contribution in [3.63, 3.8) is 0 Å². The Hall–Kier alpha value is -0.0900. The van der Waals surface area contributed by atoms with Crippen molar-refractivity contribution in [3.8, 4) is 0 Å². The first-order chi connectivity index (χ1) is 16.6. The molecule has 0 aromatic heterocycles. The van der Waals surface area contributed by atoms with Gasteiger partial charge in [-0.05, 0) is 19.3 Å². The Labute approximate surface area is 224 Å². The summed E-state index contributed by atoms with van der Waals surface area (Å²) in [7, 11) is 0. The lowest BCUT2D eigenvalue weighted by Gasteiger charge is -2.04. The summed E-state index contributed by atoms with van der Waals surface area (Å²) in [5.74, 6) is -0.652. The third kappa shape index (κ3) is 31.9. The van der Waals surface area contributed by atoms with E-state index < -0.39 is 5.97 Å². The zero-order valence-electron chi connectivity index (χ0n) is 22.5. The van der Waals surface area contributed by atoms with Crippen molar-refractivity contribution < 1.29 is 9.90 Å². The van der Waals surface area contributed by atoms with Gasteiger partial charge in [-0.3, -0.25) is 4.79 Å². The molecule has 0 bridgehead atoms. The van der Waals surface area contributed by atoms with Crippen LogP contribution in [0.4, 0.5) is 0 Å². The van der Waals surface area contributed by atoms with Gasteiger partial charge in [-0.25, -0.2) is 0 Å². The highest BCUT2D eigenvalue weighted by molar-refractivity contribution is 8.11. The van der Waals surface area contributed by atoms with Crippen LogP contribution in [-0.2, 0) is 4.79 Å². The molecule has 0 aliphatic rings. The summed E-state index contributed by atoms with van der Waals surface area (Å²) in [4.78, 5) is 10.4. The van der Waals surface area contributed by atoms with Crippen LogP contribution in [0.1, 0.15) is 180 Å². The summed E-state index contributed by atoms with van der Waals surface area (Å²) >= 11 is 9.18. The molecular formula is C30H58O2S2. The zero-order valence-corrected chi connectivity index (χ0v) is 24.2. The van der Waals surface area contributed by atoms with Gasteiger partial charge in [0.1, 0.15) is 0 Å². The molecule has 202 valence electrons. The van der Waals surface area contributed by atoms with Crippen LogP contribution < -0.4 is 0 Å². The summed E-state index contributed by atoms with van der Waals surface area (Å²) in [5.41, 5.74) is 0. The monoisotopic (exact) mass is 514 g/mol. The van der Waals surface area contributed by atoms with Gasteiger partial charge in [0.2, 0.25) is 0 Å². The minimum atomic E-state index is -0.652. The van der Waals surface area contributed by atoms with Crippen LogP contribution in [0.15, 0.2) is 0 Å². The van der Waals surface area contributed by atoms with Gasteiger partial charge in [0.25, 0.3) is 0 Å². The average Bonchev–Trinajstić information content (AvgIpc) is 2.80. The fraction of sp³-hybridized carbons (Fsp3) is 0.933. The molecule has 0 spiro atoms. The SMILES string of the molecule is O=C(O)CCCCCCCCCCCCCCCCCCCCCCCCCCCCC(=S)S. The molecule has 0 aromatic rings. The minimum Gasteiger partial charge on any atom is -0.481 e. The molecule has 0 amide bonds. The van der Waals surface area contributed by atoms with Gasteiger partial charge < -0.3 is 5.11 Å². The molecule has 0 heterocycles. The summed E-state index contributed by atoms with van der Waals surface area (Å²) in [5, 5.41) is 8.61. The second kappa shape index (κ2) is 29.1. The number of carboxylic acid groups (broad SMARTS) is 1. The normalized spacial score (nSPS) is 11.2. The van der Waals surface area contributed by atoms with Crippen molar-refractivity contribution >= 4 is 35.0 Å². The molecule has 0 saturated carbocycles. The average molecular weight is 515 g/mol. The Bertz CT molecular complexity index is 400. The smallest absolute Gasteiger partial charge is 0.303 e. The van der Waals surface area contributed by atoms with E-state index in [1.54, 1.807) is 0 Å². The molecule has 4 heteroatoms. The lowest BCUT2D eigenvalue weighted by molar-refractivity contribution is -0.137. The maximum atomic E-state index is 10.4. The highest BCUT2D eigenvalue weighted by atomic mass is 32.1. The lowest BCUT2D eigenvalue weighted by atomic mass is 10.0. The highest BCUT2D eigenvalue weighted by Crippen LogP contribution is 2.16. The van der Waals surface area contributed by atoms with E-state index >= 15 is 0 Å². The first-order valence-electron chi connectivity index (χ1n) is 15.1. The van der Waals surface area contributed by atoms with E-state index in [1.165, 1.54) is 154 Å². The van der Waals surface area contributed by atoms with Gasteiger partial charge in [0.05, 0.1) is 0 Å². The topological polar surface area (TPSA) is 37.3 Å².